The first-order valence-electron chi connectivity index (χ1n) is 6.27. The van der Waals surface area contributed by atoms with Gasteiger partial charge in [-0.1, -0.05) is 18.2 Å². The molecule has 1 aliphatic rings. The number of nitrogens with zero attached hydrogens (tertiary/aromatic N) is 1. The fourth-order valence-electron chi connectivity index (χ4n) is 2.34. The summed E-state index contributed by atoms with van der Waals surface area (Å²) in [5.74, 6) is -0.281. The minimum atomic E-state index is -0.281. The van der Waals surface area contributed by atoms with Gasteiger partial charge in [0.1, 0.15) is 6.61 Å². The third-order valence-corrected chi connectivity index (χ3v) is 3.61. The Bertz CT molecular complexity index is 393. The zero-order chi connectivity index (χ0) is 13.0. The van der Waals surface area contributed by atoms with E-state index in [9.17, 15) is 4.79 Å². The first-order valence-corrected chi connectivity index (χ1v) is 6.27. The van der Waals surface area contributed by atoms with Gasteiger partial charge in [0.25, 0.3) is 0 Å². The number of rotatable bonds is 4. The Hall–Kier alpha value is -1.39. The Morgan fingerprint density at radius 1 is 1.33 bits per heavy atom. The van der Waals surface area contributed by atoms with Crippen LogP contribution in [0, 0.1) is 0 Å². The van der Waals surface area contributed by atoms with Crippen LogP contribution in [0.2, 0.25) is 0 Å². The Labute approximate surface area is 107 Å². The molecule has 0 bridgehead atoms. The molecule has 0 saturated carbocycles. The number of likely N-dealkylation sites (N-methyl/N-ethyl adjacent to an activating group) is 1. The molecular weight excluding hydrogens is 230 g/mol. The number of hydrogen-bond acceptors (Lipinski definition) is 4. The molecule has 98 valence electrons. The molecule has 1 heterocycles. The Balaban J connectivity index is 1.84. The van der Waals surface area contributed by atoms with E-state index in [0.29, 0.717) is 12.2 Å². The van der Waals surface area contributed by atoms with Crippen molar-refractivity contribution < 1.29 is 14.6 Å². The van der Waals surface area contributed by atoms with Crippen LogP contribution in [0.4, 0.5) is 0 Å². The second-order valence-corrected chi connectivity index (χ2v) is 4.70. The van der Waals surface area contributed by atoms with Crippen molar-refractivity contribution in [2.45, 2.75) is 24.9 Å². The van der Waals surface area contributed by atoms with E-state index in [1.165, 1.54) is 0 Å². The van der Waals surface area contributed by atoms with Crippen molar-refractivity contribution in [2.75, 3.05) is 20.3 Å². The predicted molar refractivity (Wildman–Crippen MR) is 68.4 cm³/mol. The van der Waals surface area contributed by atoms with Crippen molar-refractivity contribution in [3.63, 3.8) is 0 Å². The van der Waals surface area contributed by atoms with Crippen molar-refractivity contribution in [3.8, 4) is 0 Å². The van der Waals surface area contributed by atoms with Crippen LogP contribution in [-0.4, -0.2) is 48.3 Å². The summed E-state index contributed by atoms with van der Waals surface area (Å²) in [6.45, 7) is 0.556. The highest BCUT2D eigenvalue weighted by molar-refractivity contribution is 5.89. The van der Waals surface area contributed by atoms with Crippen LogP contribution in [0.3, 0.4) is 0 Å². The number of benzene rings is 1. The van der Waals surface area contributed by atoms with Gasteiger partial charge in [-0.05, 0) is 32.0 Å². The predicted octanol–water partition coefficient (Wildman–Crippen LogP) is 1.30. The molecule has 0 amide bonds. The van der Waals surface area contributed by atoms with Crippen molar-refractivity contribution in [1.82, 2.24) is 4.90 Å². The topological polar surface area (TPSA) is 49.8 Å². The van der Waals surface area contributed by atoms with Crippen LogP contribution < -0.4 is 0 Å². The molecule has 1 saturated heterocycles. The van der Waals surface area contributed by atoms with Gasteiger partial charge in [0.2, 0.25) is 0 Å². The highest BCUT2D eigenvalue weighted by Gasteiger charge is 2.30. The smallest absolute Gasteiger partial charge is 0.338 e. The molecule has 1 aromatic rings. The van der Waals surface area contributed by atoms with Crippen LogP contribution in [0.25, 0.3) is 0 Å². The normalized spacial score (nSPS) is 24.1. The lowest BCUT2D eigenvalue weighted by Crippen LogP contribution is -2.37. The zero-order valence-corrected chi connectivity index (χ0v) is 10.6. The minimum Gasteiger partial charge on any atom is -0.460 e. The molecule has 0 radical (unpaired) electrons. The van der Waals surface area contributed by atoms with E-state index >= 15 is 0 Å². The highest BCUT2D eigenvalue weighted by atomic mass is 16.5. The van der Waals surface area contributed by atoms with Crippen molar-refractivity contribution in [2.24, 2.45) is 0 Å². The lowest BCUT2D eigenvalue weighted by atomic mass is 10.2. The van der Waals surface area contributed by atoms with Crippen LogP contribution in [-0.2, 0) is 4.74 Å². The number of carbonyl (C=O) groups excluding carboxylic acids is 1. The highest BCUT2D eigenvalue weighted by Crippen LogP contribution is 2.22. The van der Waals surface area contributed by atoms with Crippen molar-refractivity contribution in [3.05, 3.63) is 35.9 Å². The van der Waals surface area contributed by atoms with Crippen molar-refractivity contribution >= 4 is 5.97 Å². The summed E-state index contributed by atoms with van der Waals surface area (Å²) in [6, 6.07) is 9.42. The maximum atomic E-state index is 11.8. The molecule has 2 rings (SSSR count). The van der Waals surface area contributed by atoms with Gasteiger partial charge in [-0.15, -0.1) is 0 Å². The van der Waals surface area contributed by atoms with E-state index in [4.69, 9.17) is 9.84 Å². The first kappa shape index (κ1) is 13.1. The number of aliphatic hydroxyl groups excluding tert-OH is 1. The van der Waals surface area contributed by atoms with Gasteiger partial charge < -0.3 is 9.84 Å². The van der Waals surface area contributed by atoms with E-state index in [1.54, 1.807) is 12.1 Å². The second kappa shape index (κ2) is 5.98. The lowest BCUT2D eigenvalue weighted by molar-refractivity contribution is 0.0378. The third-order valence-electron chi connectivity index (χ3n) is 3.61. The SMILES string of the molecule is CN1[C@H](CO)CC[C@H]1COC(=O)c1ccccc1. The summed E-state index contributed by atoms with van der Waals surface area (Å²) in [4.78, 5) is 13.9. The van der Waals surface area contributed by atoms with Gasteiger partial charge in [-0.25, -0.2) is 4.79 Å². The monoisotopic (exact) mass is 249 g/mol. The standard InChI is InChI=1S/C14H19NO3/c1-15-12(9-16)7-8-13(15)10-18-14(17)11-5-3-2-4-6-11/h2-6,12-13,16H,7-10H2,1H3/t12-,13-/m0/s1. The molecule has 1 aliphatic heterocycles. The van der Waals surface area contributed by atoms with E-state index in [-0.39, 0.29) is 24.7 Å². The van der Waals surface area contributed by atoms with E-state index in [0.717, 1.165) is 12.8 Å². The summed E-state index contributed by atoms with van der Waals surface area (Å²) < 4.78 is 5.31. The molecule has 1 aromatic carbocycles. The largest absolute Gasteiger partial charge is 0.460 e. The quantitative estimate of drug-likeness (QED) is 0.817. The maximum Gasteiger partial charge on any atom is 0.338 e. The number of ether oxygens (including phenoxy) is 1. The van der Waals surface area contributed by atoms with E-state index in [1.807, 2.05) is 25.2 Å². The van der Waals surface area contributed by atoms with Crippen LogP contribution >= 0.6 is 0 Å². The summed E-state index contributed by atoms with van der Waals surface area (Å²) in [5.41, 5.74) is 0.580. The van der Waals surface area contributed by atoms with Gasteiger partial charge in [0.05, 0.1) is 12.2 Å². The summed E-state index contributed by atoms with van der Waals surface area (Å²) in [5, 5.41) is 9.16. The van der Waals surface area contributed by atoms with Crippen LogP contribution in [0.1, 0.15) is 23.2 Å². The Morgan fingerprint density at radius 2 is 2.00 bits per heavy atom. The zero-order valence-electron chi connectivity index (χ0n) is 10.6. The van der Waals surface area contributed by atoms with Gasteiger partial charge in [-0.3, -0.25) is 4.90 Å². The molecule has 0 spiro atoms. The average molecular weight is 249 g/mol. The number of esters is 1. The van der Waals surface area contributed by atoms with Gasteiger partial charge in [0.15, 0.2) is 0 Å². The van der Waals surface area contributed by atoms with E-state index < -0.39 is 0 Å². The van der Waals surface area contributed by atoms with Gasteiger partial charge >= 0.3 is 5.97 Å². The molecule has 4 heteroatoms. The Morgan fingerprint density at radius 3 is 2.61 bits per heavy atom. The maximum absolute atomic E-state index is 11.8. The fourth-order valence-corrected chi connectivity index (χ4v) is 2.34. The minimum absolute atomic E-state index is 0.166. The molecular formula is C14H19NO3. The average Bonchev–Trinajstić information content (AvgIpc) is 2.77. The molecule has 2 atom stereocenters. The molecule has 18 heavy (non-hydrogen) atoms. The third kappa shape index (κ3) is 2.89. The number of aliphatic hydroxyl groups is 1. The number of hydrogen-bond donors (Lipinski definition) is 1. The summed E-state index contributed by atoms with van der Waals surface area (Å²) >= 11 is 0. The summed E-state index contributed by atoms with van der Waals surface area (Å²) in [6.07, 6.45) is 1.92. The lowest BCUT2D eigenvalue weighted by Gasteiger charge is -2.24. The molecule has 0 unspecified atom stereocenters. The molecule has 0 aromatic heterocycles. The molecule has 1 N–H and O–H groups in total. The number of likely N-dealkylation sites (tertiary alicyclic amines) is 1. The van der Waals surface area contributed by atoms with Crippen LogP contribution in [0.15, 0.2) is 30.3 Å². The van der Waals surface area contributed by atoms with Gasteiger partial charge in [0, 0.05) is 12.1 Å². The molecule has 1 fully saturated rings. The molecule has 4 nitrogen and oxygen atoms in total. The molecule has 0 aliphatic carbocycles. The van der Waals surface area contributed by atoms with Gasteiger partial charge in [-0.2, -0.15) is 0 Å². The number of carbonyl (C=O) groups is 1. The Kier molecular flexibility index (Phi) is 4.33. The van der Waals surface area contributed by atoms with Crippen LogP contribution in [0.5, 0.6) is 0 Å². The van der Waals surface area contributed by atoms with E-state index in [2.05, 4.69) is 4.90 Å². The first-order chi connectivity index (χ1) is 8.72. The second-order valence-electron chi connectivity index (χ2n) is 4.70. The van der Waals surface area contributed by atoms with Crippen molar-refractivity contribution in [1.29, 1.82) is 0 Å². The fraction of sp³-hybridized carbons (Fsp3) is 0.500. The summed E-state index contributed by atoms with van der Waals surface area (Å²) in [7, 11) is 1.97.